The van der Waals surface area contributed by atoms with Crippen LogP contribution in [0.5, 0.6) is 0 Å². The molecule has 0 aliphatic heterocycles. The summed E-state index contributed by atoms with van der Waals surface area (Å²) >= 11 is 0. The minimum Gasteiger partial charge on any atom is -0.480 e. The first kappa shape index (κ1) is 15.7. The summed E-state index contributed by atoms with van der Waals surface area (Å²) in [5.41, 5.74) is 0. The summed E-state index contributed by atoms with van der Waals surface area (Å²) in [7, 11) is -3.80. The maximum atomic E-state index is 12.1. The number of rotatable bonds is 7. The molecule has 1 rings (SSSR count). The van der Waals surface area contributed by atoms with E-state index in [0.717, 1.165) is 6.42 Å². The van der Waals surface area contributed by atoms with Crippen LogP contribution in [0, 0.1) is 5.92 Å². The van der Waals surface area contributed by atoms with E-state index in [4.69, 9.17) is 5.11 Å². The van der Waals surface area contributed by atoms with Crippen LogP contribution < -0.4 is 4.72 Å². The SMILES string of the molecule is CCCC(C)C(NS(=O)(=O)c1ccccc1)C(=O)O. The Kier molecular flexibility index (Phi) is 5.50. The Morgan fingerprint density at radius 2 is 1.89 bits per heavy atom. The van der Waals surface area contributed by atoms with Gasteiger partial charge in [-0.15, -0.1) is 0 Å². The standard InChI is InChI=1S/C13H19NO4S/c1-3-7-10(2)12(13(15)16)14-19(17,18)11-8-5-4-6-9-11/h4-6,8-10,12,14H,3,7H2,1-2H3,(H,15,16). The van der Waals surface area contributed by atoms with Gasteiger partial charge in [0, 0.05) is 0 Å². The second-order valence-electron chi connectivity index (χ2n) is 4.52. The van der Waals surface area contributed by atoms with E-state index >= 15 is 0 Å². The van der Waals surface area contributed by atoms with Crippen molar-refractivity contribution in [2.45, 2.75) is 37.6 Å². The Morgan fingerprint density at radius 3 is 2.37 bits per heavy atom. The van der Waals surface area contributed by atoms with Gasteiger partial charge in [-0.05, 0) is 24.5 Å². The van der Waals surface area contributed by atoms with Gasteiger partial charge >= 0.3 is 5.97 Å². The van der Waals surface area contributed by atoms with Crippen molar-refractivity contribution in [1.82, 2.24) is 4.72 Å². The Labute approximate surface area is 113 Å². The zero-order valence-corrected chi connectivity index (χ0v) is 11.9. The molecule has 19 heavy (non-hydrogen) atoms. The number of carboxylic acid groups (broad SMARTS) is 1. The van der Waals surface area contributed by atoms with Gasteiger partial charge in [-0.3, -0.25) is 4.79 Å². The van der Waals surface area contributed by atoms with Crippen molar-refractivity contribution >= 4 is 16.0 Å². The average molecular weight is 285 g/mol. The van der Waals surface area contributed by atoms with Crippen molar-refractivity contribution in [2.75, 3.05) is 0 Å². The van der Waals surface area contributed by atoms with Gasteiger partial charge in [0.25, 0.3) is 0 Å². The second-order valence-corrected chi connectivity index (χ2v) is 6.23. The molecule has 0 aromatic heterocycles. The van der Waals surface area contributed by atoms with Crippen molar-refractivity contribution in [3.05, 3.63) is 30.3 Å². The fourth-order valence-electron chi connectivity index (χ4n) is 1.87. The predicted molar refractivity (Wildman–Crippen MR) is 72.3 cm³/mol. The lowest BCUT2D eigenvalue weighted by Gasteiger charge is -2.20. The van der Waals surface area contributed by atoms with Gasteiger partial charge in [-0.25, -0.2) is 8.42 Å². The van der Waals surface area contributed by atoms with E-state index < -0.39 is 22.0 Å². The monoisotopic (exact) mass is 285 g/mol. The van der Waals surface area contributed by atoms with Gasteiger partial charge in [0.05, 0.1) is 4.90 Å². The third-order valence-electron chi connectivity index (χ3n) is 2.91. The molecule has 5 nitrogen and oxygen atoms in total. The molecule has 0 amide bonds. The summed E-state index contributed by atoms with van der Waals surface area (Å²) in [5.74, 6) is -1.42. The zero-order chi connectivity index (χ0) is 14.5. The van der Waals surface area contributed by atoms with Gasteiger partial charge in [0.2, 0.25) is 10.0 Å². The highest BCUT2D eigenvalue weighted by Gasteiger charge is 2.29. The Morgan fingerprint density at radius 1 is 1.32 bits per heavy atom. The number of aliphatic carboxylic acids is 1. The molecular formula is C13H19NO4S. The molecule has 0 aliphatic rings. The van der Waals surface area contributed by atoms with E-state index in [2.05, 4.69) is 4.72 Å². The van der Waals surface area contributed by atoms with E-state index in [-0.39, 0.29) is 10.8 Å². The number of hydrogen-bond donors (Lipinski definition) is 2. The normalized spacial score (nSPS) is 14.8. The summed E-state index contributed by atoms with van der Waals surface area (Å²) in [6, 6.07) is 6.66. The first-order valence-corrected chi connectivity index (χ1v) is 7.67. The molecule has 0 radical (unpaired) electrons. The van der Waals surface area contributed by atoms with E-state index in [1.807, 2.05) is 6.92 Å². The van der Waals surface area contributed by atoms with Gasteiger partial charge < -0.3 is 5.11 Å². The molecule has 2 atom stereocenters. The maximum absolute atomic E-state index is 12.1. The van der Waals surface area contributed by atoms with E-state index in [1.54, 1.807) is 25.1 Å². The largest absolute Gasteiger partial charge is 0.480 e. The number of sulfonamides is 1. The van der Waals surface area contributed by atoms with Crippen molar-refractivity contribution in [3.8, 4) is 0 Å². The summed E-state index contributed by atoms with van der Waals surface area (Å²) in [4.78, 5) is 11.3. The van der Waals surface area contributed by atoms with Crippen LogP contribution in [-0.4, -0.2) is 25.5 Å². The van der Waals surface area contributed by atoms with Crippen LogP contribution >= 0.6 is 0 Å². The van der Waals surface area contributed by atoms with E-state index in [0.29, 0.717) is 6.42 Å². The summed E-state index contributed by atoms with van der Waals surface area (Å²) in [6.45, 7) is 3.66. The summed E-state index contributed by atoms with van der Waals surface area (Å²) < 4.78 is 26.4. The molecular weight excluding hydrogens is 266 g/mol. The predicted octanol–water partition coefficient (Wildman–Crippen LogP) is 1.85. The Balaban J connectivity index is 2.94. The fraction of sp³-hybridized carbons (Fsp3) is 0.462. The number of hydrogen-bond acceptors (Lipinski definition) is 3. The lowest BCUT2D eigenvalue weighted by molar-refractivity contribution is -0.140. The highest BCUT2D eigenvalue weighted by Crippen LogP contribution is 2.15. The third-order valence-corrected chi connectivity index (χ3v) is 4.37. The van der Waals surface area contributed by atoms with Crippen LogP contribution in [0.4, 0.5) is 0 Å². The number of carbonyl (C=O) groups is 1. The maximum Gasteiger partial charge on any atom is 0.322 e. The quantitative estimate of drug-likeness (QED) is 0.801. The third kappa shape index (κ3) is 4.33. The topological polar surface area (TPSA) is 83.5 Å². The van der Waals surface area contributed by atoms with Crippen LogP contribution in [-0.2, 0) is 14.8 Å². The van der Waals surface area contributed by atoms with Crippen LogP contribution in [0.15, 0.2) is 35.2 Å². The molecule has 1 aromatic rings. The summed E-state index contributed by atoms with van der Waals surface area (Å²) in [5, 5.41) is 9.15. The molecule has 2 N–H and O–H groups in total. The highest BCUT2D eigenvalue weighted by molar-refractivity contribution is 7.89. The molecule has 0 bridgehead atoms. The van der Waals surface area contributed by atoms with Crippen LogP contribution in [0.2, 0.25) is 0 Å². The highest BCUT2D eigenvalue weighted by atomic mass is 32.2. The molecule has 106 valence electrons. The fourth-order valence-corrected chi connectivity index (χ4v) is 3.19. The van der Waals surface area contributed by atoms with Crippen molar-refractivity contribution < 1.29 is 18.3 Å². The molecule has 0 saturated carbocycles. The second kappa shape index (κ2) is 6.68. The van der Waals surface area contributed by atoms with Gasteiger partial charge in [-0.2, -0.15) is 4.72 Å². The number of carboxylic acids is 1. The van der Waals surface area contributed by atoms with Crippen LogP contribution in [0.1, 0.15) is 26.7 Å². The van der Waals surface area contributed by atoms with Crippen LogP contribution in [0.25, 0.3) is 0 Å². The number of benzene rings is 1. The Hall–Kier alpha value is -1.40. The molecule has 0 saturated heterocycles. The van der Waals surface area contributed by atoms with Crippen molar-refractivity contribution in [1.29, 1.82) is 0 Å². The minimum atomic E-state index is -3.80. The van der Waals surface area contributed by atoms with Crippen molar-refractivity contribution in [2.24, 2.45) is 5.92 Å². The van der Waals surface area contributed by atoms with Gasteiger partial charge in [0.1, 0.15) is 6.04 Å². The van der Waals surface area contributed by atoms with Crippen molar-refractivity contribution in [3.63, 3.8) is 0 Å². The van der Waals surface area contributed by atoms with Gasteiger partial charge in [0.15, 0.2) is 0 Å². The molecule has 0 fully saturated rings. The van der Waals surface area contributed by atoms with E-state index in [9.17, 15) is 13.2 Å². The molecule has 0 heterocycles. The Bertz CT molecular complexity index is 513. The minimum absolute atomic E-state index is 0.0740. The average Bonchev–Trinajstić information content (AvgIpc) is 2.37. The first-order valence-electron chi connectivity index (χ1n) is 6.18. The van der Waals surface area contributed by atoms with E-state index in [1.165, 1.54) is 12.1 Å². The van der Waals surface area contributed by atoms with Crippen LogP contribution in [0.3, 0.4) is 0 Å². The molecule has 1 aromatic carbocycles. The molecule has 2 unspecified atom stereocenters. The summed E-state index contributed by atoms with van der Waals surface area (Å²) in [6.07, 6.45) is 1.45. The lowest BCUT2D eigenvalue weighted by Crippen LogP contribution is -2.45. The lowest BCUT2D eigenvalue weighted by atomic mass is 9.98. The zero-order valence-electron chi connectivity index (χ0n) is 11.0. The molecule has 0 spiro atoms. The van der Waals surface area contributed by atoms with Gasteiger partial charge in [-0.1, -0.05) is 38.5 Å². The molecule has 0 aliphatic carbocycles. The number of nitrogens with one attached hydrogen (secondary N) is 1. The smallest absolute Gasteiger partial charge is 0.322 e. The first-order chi connectivity index (χ1) is 8.88. The molecule has 6 heteroatoms.